The molecule has 1 aromatic heterocycles. The van der Waals surface area contributed by atoms with E-state index in [0.717, 1.165) is 25.1 Å². The molecule has 0 aliphatic carbocycles. The first-order valence-corrected chi connectivity index (χ1v) is 4.69. The molecule has 0 radical (unpaired) electrons. The summed E-state index contributed by atoms with van der Waals surface area (Å²) in [6, 6.07) is 3.93. The highest BCUT2D eigenvalue weighted by atomic mass is 16.3. The summed E-state index contributed by atoms with van der Waals surface area (Å²) < 4.78 is 2.09. The molecule has 0 aliphatic heterocycles. The van der Waals surface area contributed by atoms with Crippen molar-refractivity contribution in [1.82, 2.24) is 4.57 Å². The molecule has 0 spiro atoms. The van der Waals surface area contributed by atoms with Gasteiger partial charge in [0.15, 0.2) is 0 Å². The van der Waals surface area contributed by atoms with Crippen molar-refractivity contribution in [2.45, 2.75) is 32.4 Å². The Labute approximate surface area is 79.5 Å². The van der Waals surface area contributed by atoms with Crippen LogP contribution in [0.5, 0.6) is 0 Å². The fourth-order valence-electron chi connectivity index (χ4n) is 1.42. The predicted molar refractivity (Wildman–Crippen MR) is 54.5 cm³/mol. The van der Waals surface area contributed by atoms with E-state index in [0.29, 0.717) is 0 Å². The van der Waals surface area contributed by atoms with Gasteiger partial charge in [0.05, 0.1) is 6.10 Å². The van der Waals surface area contributed by atoms with Gasteiger partial charge < -0.3 is 9.67 Å². The van der Waals surface area contributed by atoms with Crippen molar-refractivity contribution in [3.05, 3.63) is 36.7 Å². The fraction of sp³-hybridized carbons (Fsp3) is 0.455. The van der Waals surface area contributed by atoms with E-state index in [2.05, 4.69) is 11.1 Å². The van der Waals surface area contributed by atoms with Crippen LogP contribution >= 0.6 is 0 Å². The number of aromatic nitrogens is 1. The highest BCUT2D eigenvalue weighted by Crippen LogP contribution is 2.13. The molecule has 1 N–H and O–H groups in total. The first-order chi connectivity index (χ1) is 6.25. The zero-order chi connectivity index (χ0) is 9.68. The Morgan fingerprint density at radius 1 is 1.69 bits per heavy atom. The maximum Gasteiger partial charge on any atom is 0.0911 e. The Hall–Kier alpha value is -1.02. The van der Waals surface area contributed by atoms with Gasteiger partial charge in [-0.15, -0.1) is 6.58 Å². The lowest BCUT2D eigenvalue weighted by atomic mass is 10.2. The van der Waals surface area contributed by atoms with Gasteiger partial charge in [-0.05, 0) is 31.9 Å². The van der Waals surface area contributed by atoms with Crippen LogP contribution in [-0.2, 0) is 6.54 Å². The second kappa shape index (κ2) is 4.87. The minimum Gasteiger partial charge on any atom is -0.387 e. The molecule has 0 bridgehead atoms. The van der Waals surface area contributed by atoms with E-state index in [1.807, 2.05) is 24.4 Å². The maximum absolute atomic E-state index is 9.41. The molecule has 2 heteroatoms. The summed E-state index contributed by atoms with van der Waals surface area (Å²) in [5.41, 5.74) is 0.990. The minimum absolute atomic E-state index is 0.376. The summed E-state index contributed by atoms with van der Waals surface area (Å²) >= 11 is 0. The smallest absolute Gasteiger partial charge is 0.0911 e. The average Bonchev–Trinajstić information content (AvgIpc) is 2.53. The molecule has 1 aromatic rings. The number of rotatable bonds is 5. The lowest BCUT2D eigenvalue weighted by Crippen LogP contribution is -2.04. The number of unbranched alkanes of at least 4 members (excludes halogenated alkanes) is 1. The van der Waals surface area contributed by atoms with E-state index in [9.17, 15) is 5.11 Å². The third-order valence-corrected chi connectivity index (χ3v) is 2.10. The molecule has 0 saturated heterocycles. The van der Waals surface area contributed by atoms with E-state index in [-0.39, 0.29) is 6.10 Å². The van der Waals surface area contributed by atoms with Gasteiger partial charge in [0.25, 0.3) is 0 Å². The van der Waals surface area contributed by atoms with Crippen LogP contribution in [0.15, 0.2) is 31.0 Å². The lowest BCUT2D eigenvalue weighted by molar-refractivity contribution is 0.189. The highest BCUT2D eigenvalue weighted by molar-refractivity contribution is 5.09. The molecule has 1 atom stereocenters. The van der Waals surface area contributed by atoms with Crippen molar-refractivity contribution in [2.24, 2.45) is 0 Å². The number of aryl methyl sites for hydroxylation is 1. The van der Waals surface area contributed by atoms with Crippen molar-refractivity contribution < 1.29 is 5.11 Å². The predicted octanol–water partition coefficient (Wildman–Crippen LogP) is 2.51. The summed E-state index contributed by atoms with van der Waals surface area (Å²) in [6.45, 7) is 6.43. The van der Waals surface area contributed by atoms with Crippen LogP contribution < -0.4 is 0 Å². The standard InChI is InChI=1S/C11H17NO/c1-3-4-5-8-12-9-6-7-11(12)10(2)13/h3,6-7,9-10,13H,1,4-5,8H2,2H3. The Morgan fingerprint density at radius 2 is 2.46 bits per heavy atom. The van der Waals surface area contributed by atoms with Crippen LogP contribution in [0.1, 0.15) is 31.6 Å². The van der Waals surface area contributed by atoms with E-state index in [4.69, 9.17) is 0 Å². The number of nitrogens with zero attached hydrogens (tertiary/aromatic N) is 1. The first kappa shape index (κ1) is 10.1. The van der Waals surface area contributed by atoms with Crippen molar-refractivity contribution >= 4 is 0 Å². The molecule has 0 aromatic carbocycles. The third-order valence-electron chi connectivity index (χ3n) is 2.10. The molecule has 1 rings (SSSR count). The van der Waals surface area contributed by atoms with Crippen LogP contribution in [0.4, 0.5) is 0 Å². The largest absolute Gasteiger partial charge is 0.387 e. The Balaban J connectivity index is 2.55. The van der Waals surface area contributed by atoms with Gasteiger partial charge in [-0.1, -0.05) is 6.08 Å². The summed E-state index contributed by atoms with van der Waals surface area (Å²) in [4.78, 5) is 0. The molecular formula is C11H17NO. The highest BCUT2D eigenvalue weighted by Gasteiger charge is 2.04. The van der Waals surface area contributed by atoms with E-state index in [1.54, 1.807) is 6.92 Å². The zero-order valence-electron chi connectivity index (χ0n) is 8.11. The second-order valence-electron chi connectivity index (χ2n) is 3.23. The third kappa shape index (κ3) is 2.74. The van der Waals surface area contributed by atoms with Gasteiger partial charge in [0.2, 0.25) is 0 Å². The Morgan fingerprint density at radius 3 is 3.08 bits per heavy atom. The Kier molecular flexibility index (Phi) is 3.77. The molecule has 0 amide bonds. The topological polar surface area (TPSA) is 25.2 Å². The quantitative estimate of drug-likeness (QED) is 0.545. The van der Waals surface area contributed by atoms with Crippen molar-refractivity contribution in [1.29, 1.82) is 0 Å². The Bertz CT molecular complexity index is 263. The summed E-state index contributed by atoms with van der Waals surface area (Å²) in [5, 5.41) is 9.41. The summed E-state index contributed by atoms with van der Waals surface area (Å²) in [7, 11) is 0. The molecular weight excluding hydrogens is 162 g/mol. The maximum atomic E-state index is 9.41. The van der Waals surface area contributed by atoms with Crippen molar-refractivity contribution in [3.8, 4) is 0 Å². The number of allylic oxidation sites excluding steroid dienone is 1. The van der Waals surface area contributed by atoms with E-state index >= 15 is 0 Å². The molecule has 0 aliphatic rings. The zero-order valence-corrected chi connectivity index (χ0v) is 8.11. The molecule has 1 unspecified atom stereocenters. The van der Waals surface area contributed by atoms with Gasteiger partial charge in [-0.3, -0.25) is 0 Å². The van der Waals surface area contributed by atoms with Gasteiger partial charge in [0.1, 0.15) is 0 Å². The number of aliphatic hydroxyl groups is 1. The van der Waals surface area contributed by atoms with Gasteiger partial charge >= 0.3 is 0 Å². The number of hydrogen-bond acceptors (Lipinski definition) is 1. The minimum atomic E-state index is -0.376. The van der Waals surface area contributed by atoms with Gasteiger partial charge in [-0.25, -0.2) is 0 Å². The van der Waals surface area contributed by atoms with Gasteiger partial charge in [-0.2, -0.15) is 0 Å². The van der Waals surface area contributed by atoms with Gasteiger partial charge in [0, 0.05) is 18.4 Å². The number of hydrogen-bond donors (Lipinski definition) is 1. The SMILES string of the molecule is C=CCCCn1cccc1C(C)O. The van der Waals surface area contributed by atoms with E-state index < -0.39 is 0 Å². The van der Waals surface area contributed by atoms with Crippen molar-refractivity contribution in [3.63, 3.8) is 0 Å². The normalized spacial score (nSPS) is 12.8. The van der Waals surface area contributed by atoms with Crippen LogP contribution in [0.2, 0.25) is 0 Å². The molecule has 72 valence electrons. The van der Waals surface area contributed by atoms with Crippen LogP contribution in [0.25, 0.3) is 0 Å². The molecule has 0 saturated carbocycles. The fourth-order valence-corrected chi connectivity index (χ4v) is 1.42. The second-order valence-corrected chi connectivity index (χ2v) is 3.23. The molecule has 2 nitrogen and oxygen atoms in total. The number of aliphatic hydroxyl groups excluding tert-OH is 1. The van der Waals surface area contributed by atoms with Crippen LogP contribution in [-0.4, -0.2) is 9.67 Å². The van der Waals surface area contributed by atoms with E-state index in [1.165, 1.54) is 0 Å². The summed E-state index contributed by atoms with van der Waals surface area (Å²) in [5.74, 6) is 0. The van der Waals surface area contributed by atoms with Crippen LogP contribution in [0.3, 0.4) is 0 Å². The molecule has 0 fully saturated rings. The first-order valence-electron chi connectivity index (χ1n) is 4.69. The van der Waals surface area contributed by atoms with Crippen molar-refractivity contribution in [2.75, 3.05) is 0 Å². The molecule has 1 heterocycles. The van der Waals surface area contributed by atoms with Crippen LogP contribution in [0, 0.1) is 0 Å². The summed E-state index contributed by atoms with van der Waals surface area (Å²) in [6.07, 6.45) is 5.66. The monoisotopic (exact) mass is 179 g/mol. The lowest BCUT2D eigenvalue weighted by Gasteiger charge is -2.10. The molecule has 13 heavy (non-hydrogen) atoms. The average molecular weight is 179 g/mol.